The number of amidine groups is 1. The molecule has 1 heterocycles. The largest absolute Gasteiger partial charge is 0.481 e. The van der Waals surface area contributed by atoms with Gasteiger partial charge in [-0.05, 0) is 95.0 Å². The lowest BCUT2D eigenvalue weighted by molar-refractivity contribution is 0.0210. The summed E-state index contributed by atoms with van der Waals surface area (Å²) < 4.78 is 17.3. The van der Waals surface area contributed by atoms with Gasteiger partial charge in [-0.15, -0.1) is 0 Å². The van der Waals surface area contributed by atoms with Crippen molar-refractivity contribution in [2.24, 2.45) is 10.7 Å². The highest BCUT2D eigenvalue weighted by Crippen LogP contribution is 2.33. The molecule has 0 fully saturated rings. The highest BCUT2D eigenvalue weighted by atomic mass is 35.5. The quantitative estimate of drug-likeness (QED) is 0.257. The number of benzene rings is 3. The van der Waals surface area contributed by atoms with Crippen LogP contribution in [0.1, 0.15) is 70.7 Å². The molecule has 9 nitrogen and oxygen atoms in total. The number of aliphatic imine (C=N–C) groups is 1. The van der Waals surface area contributed by atoms with E-state index >= 15 is 0 Å². The number of carbonyl (C=O) groups excluding carboxylic acids is 2. The number of fused-ring (bicyclic) bond motifs is 1. The SMILES string of the molecule is CC1Oc2ccc(CN(Cc3cccc(CN(Cc4ccc(Cl)c(Cl)c4)C(=O)OC(C)(C)C)c3)C(=O)OC(C)(C)C)cc2N=C1N. The maximum absolute atomic E-state index is 13.4. The van der Waals surface area contributed by atoms with Crippen LogP contribution in [0.2, 0.25) is 10.0 Å². The van der Waals surface area contributed by atoms with Crippen LogP contribution in [0, 0.1) is 0 Å². The number of hydrogen-bond acceptors (Lipinski definition) is 7. The number of ether oxygens (including phenoxy) is 3. The predicted molar refractivity (Wildman–Crippen MR) is 182 cm³/mol. The Labute approximate surface area is 281 Å². The van der Waals surface area contributed by atoms with E-state index in [9.17, 15) is 9.59 Å². The Hall–Kier alpha value is -3.95. The molecule has 4 rings (SSSR count). The van der Waals surface area contributed by atoms with Gasteiger partial charge in [0.05, 0.1) is 10.0 Å². The summed E-state index contributed by atoms with van der Waals surface area (Å²) in [7, 11) is 0. The van der Waals surface area contributed by atoms with Crippen LogP contribution in [0.4, 0.5) is 15.3 Å². The van der Waals surface area contributed by atoms with E-state index in [1.54, 1.807) is 21.9 Å². The number of halogens is 2. The first-order valence-electron chi connectivity index (χ1n) is 15.1. The lowest BCUT2D eigenvalue weighted by Crippen LogP contribution is -2.36. The normalized spacial score (nSPS) is 14.5. The second kappa shape index (κ2) is 14.2. The zero-order valence-electron chi connectivity index (χ0n) is 27.4. The fraction of sp³-hybridized carbons (Fsp3) is 0.400. The lowest BCUT2D eigenvalue weighted by atomic mass is 10.1. The van der Waals surface area contributed by atoms with Crippen molar-refractivity contribution in [3.8, 4) is 5.75 Å². The molecule has 0 spiro atoms. The standard InChI is InChI=1S/C35H42Cl2N4O5/c1-22-31(38)39-29-17-26(12-14-30(29)44-22)21-41(33(43)46-35(5,6)7)19-24-10-8-9-23(15-24)18-40(32(42)45-34(2,3)4)20-25-11-13-27(36)28(37)16-25/h8-17,22H,18-21H2,1-7H3,(H2,38,39). The van der Waals surface area contributed by atoms with Gasteiger partial charge in [0.15, 0.2) is 6.10 Å². The van der Waals surface area contributed by atoms with Gasteiger partial charge in [-0.1, -0.05) is 59.6 Å². The lowest BCUT2D eigenvalue weighted by Gasteiger charge is -2.29. The molecular formula is C35H42Cl2N4O5. The summed E-state index contributed by atoms with van der Waals surface area (Å²) >= 11 is 12.4. The van der Waals surface area contributed by atoms with Crippen molar-refractivity contribution in [2.45, 2.75) is 92.0 Å². The van der Waals surface area contributed by atoms with Crippen LogP contribution in [0.5, 0.6) is 5.75 Å². The van der Waals surface area contributed by atoms with E-state index in [2.05, 4.69) is 4.99 Å². The molecular weight excluding hydrogens is 627 g/mol. The fourth-order valence-electron chi connectivity index (χ4n) is 4.70. The second-order valence-corrected chi connectivity index (χ2v) is 14.2. The fourth-order valence-corrected chi connectivity index (χ4v) is 5.02. The number of amides is 2. The molecule has 1 aliphatic heterocycles. The first kappa shape index (κ1) is 34.9. The Bertz CT molecular complexity index is 1610. The van der Waals surface area contributed by atoms with Crippen LogP contribution in [-0.2, 0) is 35.7 Å². The first-order valence-corrected chi connectivity index (χ1v) is 15.8. The van der Waals surface area contributed by atoms with E-state index in [1.165, 1.54) is 0 Å². The van der Waals surface area contributed by atoms with E-state index in [-0.39, 0.29) is 32.3 Å². The highest BCUT2D eigenvalue weighted by molar-refractivity contribution is 6.42. The van der Waals surface area contributed by atoms with Gasteiger partial charge in [-0.2, -0.15) is 0 Å². The molecule has 0 bridgehead atoms. The molecule has 0 saturated carbocycles. The molecule has 0 radical (unpaired) electrons. The van der Waals surface area contributed by atoms with Gasteiger partial charge in [-0.3, -0.25) is 9.80 Å². The van der Waals surface area contributed by atoms with Crippen molar-refractivity contribution in [1.29, 1.82) is 0 Å². The third-order valence-electron chi connectivity index (χ3n) is 6.77. The molecule has 246 valence electrons. The van der Waals surface area contributed by atoms with Crippen LogP contribution in [0.25, 0.3) is 0 Å². The van der Waals surface area contributed by atoms with Crippen LogP contribution in [0.15, 0.2) is 65.7 Å². The maximum Gasteiger partial charge on any atom is 0.410 e. The van der Waals surface area contributed by atoms with Gasteiger partial charge in [-0.25, -0.2) is 14.6 Å². The van der Waals surface area contributed by atoms with Crippen molar-refractivity contribution >= 4 is 46.9 Å². The zero-order valence-corrected chi connectivity index (χ0v) is 28.9. The third kappa shape index (κ3) is 10.0. The van der Waals surface area contributed by atoms with Crippen molar-refractivity contribution < 1.29 is 23.8 Å². The third-order valence-corrected chi connectivity index (χ3v) is 7.50. The molecule has 1 atom stereocenters. The summed E-state index contributed by atoms with van der Waals surface area (Å²) in [4.78, 5) is 34.4. The Morgan fingerprint density at radius 3 is 1.74 bits per heavy atom. The van der Waals surface area contributed by atoms with Crippen LogP contribution in [0.3, 0.4) is 0 Å². The van der Waals surface area contributed by atoms with Gasteiger partial charge in [0.2, 0.25) is 0 Å². The van der Waals surface area contributed by atoms with Gasteiger partial charge < -0.3 is 19.9 Å². The van der Waals surface area contributed by atoms with Crippen LogP contribution in [-0.4, -0.2) is 45.1 Å². The second-order valence-electron chi connectivity index (χ2n) is 13.3. The molecule has 0 aromatic heterocycles. The first-order chi connectivity index (χ1) is 21.5. The molecule has 2 amide bonds. The number of carbonyl (C=O) groups is 2. The summed E-state index contributed by atoms with van der Waals surface area (Å²) in [6, 6.07) is 18.6. The molecule has 46 heavy (non-hydrogen) atoms. The zero-order chi connectivity index (χ0) is 33.8. The summed E-state index contributed by atoms with van der Waals surface area (Å²) in [6.07, 6.45) is -1.23. The maximum atomic E-state index is 13.4. The molecule has 2 N–H and O–H groups in total. The number of rotatable bonds is 8. The van der Waals surface area contributed by atoms with Crippen molar-refractivity contribution in [3.63, 3.8) is 0 Å². The van der Waals surface area contributed by atoms with Crippen LogP contribution < -0.4 is 10.5 Å². The summed E-state index contributed by atoms with van der Waals surface area (Å²) in [6.45, 7) is 13.9. The monoisotopic (exact) mass is 668 g/mol. The number of nitrogens with zero attached hydrogens (tertiary/aromatic N) is 3. The Morgan fingerprint density at radius 1 is 0.761 bits per heavy atom. The van der Waals surface area contributed by atoms with E-state index < -0.39 is 23.4 Å². The van der Waals surface area contributed by atoms with E-state index in [0.717, 1.165) is 22.3 Å². The summed E-state index contributed by atoms with van der Waals surface area (Å²) in [5, 5.41) is 0.843. The molecule has 0 aliphatic carbocycles. The minimum absolute atomic E-state index is 0.258. The number of hydrogen-bond donors (Lipinski definition) is 1. The average Bonchev–Trinajstić information content (AvgIpc) is 2.93. The van der Waals surface area contributed by atoms with Gasteiger partial charge in [0.1, 0.15) is 28.5 Å². The molecule has 3 aromatic carbocycles. The molecule has 3 aromatic rings. The van der Waals surface area contributed by atoms with Crippen LogP contribution >= 0.6 is 23.2 Å². The Morgan fingerprint density at radius 2 is 1.24 bits per heavy atom. The number of nitrogens with two attached hydrogens (primary N) is 1. The molecule has 11 heteroatoms. The van der Waals surface area contributed by atoms with Gasteiger partial charge in [0.25, 0.3) is 0 Å². The Balaban J connectivity index is 1.58. The van der Waals surface area contributed by atoms with Gasteiger partial charge >= 0.3 is 12.2 Å². The average molecular weight is 670 g/mol. The Kier molecular flexibility index (Phi) is 10.8. The minimum Gasteiger partial charge on any atom is -0.481 e. The van der Waals surface area contributed by atoms with E-state index in [1.807, 2.05) is 97.0 Å². The van der Waals surface area contributed by atoms with Crippen molar-refractivity contribution in [2.75, 3.05) is 0 Å². The highest BCUT2D eigenvalue weighted by Gasteiger charge is 2.26. The summed E-state index contributed by atoms with van der Waals surface area (Å²) in [5.41, 5.74) is 8.63. The molecule has 1 unspecified atom stereocenters. The van der Waals surface area contributed by atoms with Crippen molar-refractivity contribution in [3.05, 3.63) is 93.0 Å². The molecule has 0 saturated heterocycles. The minimum atomic E-state index is -0.686. The van der Waals surface area contributed by atoms with Gasteiger partial charge in [0, 0.05) is 26.2 Å². The molecule has 1 aliphatic rings. The van der Waals surface area contributed by atoms with E-state index in [0.29, 0.717) is 27.3 Å². The topological polar surface area (TPSA) is 107 Å². The van der Waals surface area contributed by atoms with Crippen molar-refractivity contribution in [1.82, 2.24) is 9.80 Å². The predicted octanol–water partition coefficient (Wildman–Crippen LogP) is 8.64. The summed E-state index contributed by atoms with van der Waals surface area (Å²) in [5.74, 6) is 1.03. The smallest absolute Gasteiger partial charge is 0.410 e. The van der Waals surface area contributed by atoms with E-state index in [4.69, 9.17) is 43.1 Å².